The SMILES string of the molecule is CON=C(C(=O)NC1C(=O)N2C(C(=O)O)=C(COC(=O)c3cccs3)CS[C@H]12)c1csc(N)n1. The molecule has 0 bridgehead atoms. The molecule has 2 aliphatic heterocycles. The fourth-order valence-corrected chi connectivity index (χ4v) is 5.81. The number of anilines is 1. The smallest absolute Gasteiger partial charge is 0.352 e. The van der Waals surface area contributed by atoms with E-state index in [2.05, 4.69) is 15.5 Å². The Morgan fingerprint density at radius 1 is 1.38 bits per heavy atom. The molecule has 178 valence electrons. The zero-order valence-corrected chi connectivity index (χ0v) is 19.9. The Bertz CT molecular complexity index is 1210. The van der Waals surface area contributed by atoms with Gasteiger partial charge in [-0.2, -0.15) is 0 Å². The summed E-state index contributed by atoms with van der Waals surface area (Å²) < 4.78 is 5.23. The summed E-state index contributed by atoms with van der Waals surface area (Å²) >= 11 is 3.56. The number of carbonyl (C=O) groups excluding carboxylic acids is 3. The van der Waals surface area contributed by atoms with Crippen molar-refractivity contribution in [2.75, 3.05) is 25.2 Å². The molecule has 2 aromatic rings. The summed E-state index contributed by atoms with van der Waals surface area (Å²) in [6.45, 7) is -0.269. The molecule has 1 fully saturated rings. The third kappa shape index (κ3) is 4.49. The van der Waals surface area contributed by atoms with Gasteiger partial charge < -0.3 is 25.7 Å². The van der Waals surface area contributed by atoms with Crippen molar-refractivity contribution >= 4 is 69.0 Å². The number of hydrogen-bond donors (Lipinski definition) is 3. The number of nitrogen functional groups attached to an aromatic ring is 1. The van der Waals surface area contributed by atoms with Crippen molar-refractivity contribution in [2.24, 2.45) is 5.16 Å². The molecular formula is C19H17N5O7S3. The Balaban J connectivity index is 1.47. The first kappa shape index (κ1) is 23.7. The molecule has 2 amide bonds. The van der Waals surface area contributed by atoms with Gasteiger partial charge in [0.1, 0.15) is 41.4 Å². The Morgan fingerprint density at radius 3 is 2.79 bits per heavy atom. The number of nitrogens with zero attached hydrogens (tertiary/aromatic N) is 3. The molecule has 1 saturated heterocycles. The number of carbonyl (C=O) groups is 4. The Kier molecular flexibility index (Phi) is 6.85. The molecule has 0 spiro atoms. The summed E-state index contributed by atoms with van der Waals surface area (Å²) in [6.07, 6.45) is 0. The van der Waals surface area contributed by atoms with E-state index in [0.29, 0.717) is 4.88 Å². The number of thioether (sulfide) groups is 1. The van der Waals surface area contributed by atoms with Crippen LogP contribution in [0.25, 0.3) is 0 Å². The van der Waals surface area contributed by atoms with Crippen LogP contribution in [0.3, 0.4) is 0 Å². The van der Waals surface area contributed by atoms with Gasteiger partial charge in [-0.3, -0.25) is 14.5 Å². The number of aliphatic carboxylic acids is 1. The van der Waals surface area contributed by atoms with Crippen LogP contribution >= 0.6 is 34.4 Å². The van der Waals surface area contributed by atoms with E-state index in [0.717, 1.165) is 16.2 Å². The van der Waals surface area contributed by atoms with E-state index < -0.39 is 35.2 Å². The number of thiazole rings is 1. The van der Waals surface area contributed by atoms with Crippen LogP contribution in [-0.2, 0) is 24.0 Å². The van der Waals surface area contributed by atoms with Gasteiger partial charge in [0.25, 0.3) is 11.8 Å². The lowest BCUT2D eigenvalue weighted by atomic mass is 10.0. The van der Waals surface area contributed by atoms with Crippen molar-refractivity contribution in [2.45, 2.75) is 11.4 Å². The average Bonchev–Trinajstić information content (AvgIpc) is 3.50. The number of rotatable bonds is 8. The van der Waals surface area contributed by atoms with Gasteiger partial charge in [-0.1, -0.05) is 11.2 Å². The lowest BCUT2D eigenvalue weighted by Gasteiger charge is -2.49. The van der Waals surface area contributed by atoms with E-state index in [4.69, 9.17) is 15.3 Å². The van der Waals surface area contributed by atoms with Crippen molar-refractivity contribution < 1.29 is 33.9 Å². The number of nitrogens with one attached hydrogen (secondary N) is 1. The van der Waals surface area contributed by atoms with Crippen molar-refractivity contribution in [3.05, 3.63) is 44.7 Å². The normalized spacial score (nSPS) is 19.9. The van der Waals surface area contributed by atoms with Crippen LogP contribution in [0, 0.1) is 0 Å². The molecule has 0 aliphatic carbocycles. The van der Waals surface area contributed by atoms with Gasteiger partial charge >= 0.3 is 11.9 Å². The third-order valence-corrected chi connectivity index (χ3v) is 7.66. The number of oxime groups is 1. The minimum absolute atomic E-state index is 0.169. The van der Waals surface area contributed by atoms with Crippen LogP contribution in [0.1, 0.15) is 15.4 Å². The maximum Gasteiger partial charge on any atom is 0.352 e. The molecule has 12 nitrogen and oxygen atoms in total. The minimum atomic E-state index is -1.33. The maximum absolute atomic E-state index is 12.8. The largest absolute Gasteiger partial charge is 0.477 e. The van der Waals surface area contributed by atoms with Gasteiger partial charge in [0.05, 0.1) is 0 Å². The van der Waals surface area contributed by atoms with E-state index in [1.54, 1.807) is 17.5 Å². The highest BCUT2D eigenvalue weighted by molar-refractivity contribution is 8.00. The van der Waals surface area contributed by atoms with Gasteiger partial charge in [-0.05, 0) is 11.4 Å². The van der Waals surface area contributed by atoms with E-state index in [1.807, 2.05) is 0 Å². The summed E-state index contributed by atoms with van der Waals surface area (Å²) in [6, 6.07) is 2.31. The predicted molar refractivity (Wildman–Crippen MR) is 124 cm³/mol. The first-order chi connectivity index (χ1) is 16.3. The highest BCUT2D eigenvalue weighted by Gasteiger charge is 2.54. The Labute approximate surface area is 204 Å². The van der Waals surface area contributed by atoms with E-state index in [1.165, 1.54) is 35.6 Å². The summed E-state index contributed by atoms with van der Waals surface area (Å²) in [5, 5.41) is 18.8. The van der Waals surface area contributed by atoms with Gasteiger partial charge in [0.2, 0.25) is 0 Å². The zero-order chi connectivity index (χ0) is 24.4. The van der Waals surface area contributed by atoms with Gasteiger partial charge in [-0.15, -0.1) is 34.4 Å². The number of aromatic nitrogens is 1. The highest BCUT2D eigenvalue weighted by Crippen LogP contribution is 2.40. The molecule has 2 atom stereocenters. The molecule has 1 unspecified atom stereocenters. The van der Waals surface area contributed by atoms with E-state index in [-0.39, 0.29) is 40.2 Å². The van der Waals surface area contributed by atoms with Crippen LogP contribution < -0.4 is 11.1 Å². The summed E-state index contributed by atoms with van der Waals surface area (Å²) in [5.74, 6) is -3.04. The number of β-lactam (4-membered cyclic amide) rings is 1. The molecule has 0 saturated carbocycles. The topological polar surface area (TPSA) is 174 Å². The van der Waals surface area contributed by atoms with Crippen molar-refractivity contribution in [3.63, 3.8) is 0 Å². The number of esters is 1. The molecule has 15 heteroatoms. The number of hydrogen-bond acceptors (Lipinski definition) is 12. The fourth-order valence-electron chi connectivity index (χ4n) is 3.31. The monoisotopic (exact) mass is 523 g/mol. The molecule has 4 N–H and O–H groups in total. The van der Waals surface area contributed by atoms with Crippen molar-refractivity contribution in [1.29, 1.82) is 0 Å². The van der Waals surface area contributed by atoms with Gasteiger partial charge in [-0.25, -0.2) is 14.6 Å². The zero-order valence-electron chi connectivity index (χ0n) is 17.4. The average molecular weight is 524 g/mol. The second kappa shape index (κ2) is 9.82. The molecule has 2 aromatic heterocycles. The lowest BCUT2D eigenvalue weighted by Crippen LogP contribution is -2.71. The number of fused-ring (bicyclic) bond motifs is 1. The number of carboxylic acid groups (broad SMARTS) is 1. The molecule has 0 aromatic carbocycles. The number of ether oxygens (including phenoxy) is 1. The van der Waals surface area contributed by atoms with Crippen molar-refractivity contribution in [1.82, 2.24) is 15.2 Å². The van der Waals surface area contributed by atoms with Crippen LogP contribution in [0.2, 0.25) is 0 Å². The first-order valence-electron chi connectivity index (χ1n) is 9.55. The van der Waals surface area contributed by atoms with E-state index >= 15 is 0 Å². The standard InChI is InChI=1S/C19H17N5O7S3/c1-30-23-11(9-7-34-19(20)21-9)14(25)22-12-15(26)24-13(17(27)28)8(6-33-16(12)24)5-31-18(29)10-3-2-4-32-10/h2-4,7,12,16H,5-6H2,1H3,(H2,20,21)(H,22,25)(H,27,28)/t12?,16-/m1/s1. The fraction of sp³-hybridized carbons (Fsp3) is 0.263. The lowest BCUT2D eigenvalue weighted by molar-refractivity contribution is -0.150. The first-order valence-corrected chi connectivity index (χ1v) is 12.4. The Hall–Kier alpha value is -3.43. The number of carboxylic acids is 1. The molecule has 0 radical (unpaired) electrons. The molecular weight excluding hydrogens is 506 g/mol. The maximum atomic E-state index is 12.8. The van der Waals surface area contributed by atoms with Crippen molar-refractivity contribution in [3.8, 4) is 0 Å². The highest BCUT2D eigenvalue weighted by atomic mass is 32.2. The van der Waals surface area contributed by atoms with Crippen LogP contribution in [0.15, 0.2) is 39.3 Å². The summed E-state index contributed by atoms with van der Waals surface area (Å²) in [4.78, 5) is 59.8. The second-order valence-electron chi connectivity index (χ2n) is 6.87. The number of thiophene rings is 1. The Morgan fingerprint density at radius 2 is 2.18 bits per heavy atom. The van der Waals surface area contributed by atoms with E-state index in [9.17, 15) is 24.3 Å². The molecule has 2 aliphatic rings. The van der Waals surface area contributed by atoms with Crippen LogP contribution in [0.4, 0.5) is 5.13 Å². The second-order valence-corrected chi connectivity index (χ2v) is 9.81. The summed E-state index contributed by atoms with van der Waals surface area (Å²) in [7, 11) is 1.26. The molecule has 4 rings (SSSR count). The molecule has 4 heterocycles. The van der Waals surface area contributed by atoms with Gasteiger partial charge in [0.15, 0.2) is 10.8 Å². The van der Waals surface area contributed by atoms with Crippen LogP contribution in [0.5, 0.6) is 0 Å². The minimum Gasteiger partial charge on any atom is -0.477 e. The number of amides is 2. The van der Waals surface area contributed by atoms with Crippen LogP contribution in [-0.4, -0.2) is 75.3 Å². The third-order valence-electron chi connectivity index (χ3n) is 4.80. The quantitative estimate of drug-likeness (QED) is 0.194. The molecule has 34 heavy (non-hydrogen) atoms. The summed E-state index contributed by atoms with van der Waals surface area (Å²) in [5.41, 5.74) is 5.66. The predicted octanol–water partition coefficient (Wildman–Crippen LogP) is 0.733. The van der Waals surface area contributed by atoms with Gasteiger partial charge in [0, 0.05) is 16.7 Å². The number of nitrogens with two attached hydrogens (primary N) is 1.